The van der Waals surface area contributed by atoms with E-state index in [9.17, 15) is 0 Å². The van der Waals surface area contributed by atoms with E-state index in [1.54, 1.807) is 0 Å². The third-order valence-corrected chi connectivity index (χ3v) is 12.5. The Kier molecular flexibility index (Phi) is 8.53. The number of hydrogen-bond acceptors (Lipinski definition) is 2. The van der Waals surface area contributed by atoms with Crippen molar-refractivity contribution in [2.75, 3.05) is 4.90 Å². The molecule has 0 aliphatic carbocycles. The molecule has 290 valence electrons. The first kappa shape index (κ1) is 35.7. The maximum absolute atomic E-state index is 6.99. The van der Waals surface area contributed by atoms with Crippen LogP contribution in [0.1, 0.15) is 0 Å². The van der Waals surface area contributed by atoms with Gasteiger partial charge < -0.3 is 9.32 Å². The Labute approximate surface area is 360 Å². The molecule has 2 nitrogen and oxygen atoms in total. The van der Waals surface area contributed by atoms with Gasteiger partial charge in [-0.15, -0.1) is 0 Å². The van der Waals surface area contributed by atoms with Crippen molar-refractivity contribution in [2.45, 2.75) is 0 Å². The zero-order valence-corrected chi connectivity index (χ0v) is 33.9. The molecule has 2 heteroatoms. The molecule has 0 N–H and O–H groups in total. The van der Waals surface area contributed by atoms with Crippen LogP contribution in [0.2, 0.25) is 0 Å². The van der Waals surface area contributed by atoms with E-state index in [2.05, 4.69) is 241 Å². The van der Waals surface area contributed by atoms with Crippen LogP contribution in [0.3, 0.4) is 0 Å². The number of rotatable bonds is 7. The molecule has 1 aromatic heterocycles. The van der Waals surface area contributed by atoms with Crippen LogP contribution in [0.5, 0.6) is 0 Å². The van der Waals surface area contributed by atoms with Crippen LogP contribution in [0.25, 0.3) is 98.8 Å². The van der Waals surface area contributed by atoms with E-state index >= 15 is 0 Å². The van der Waals surface area contributed by atoms with Crippen molar-refractivity contribution in [1.29, 1.82) is 0 Å². The van der Waals surface area contributed by atoms with Gasteiger partial charge in [0, 0.05) is 38.5 Å². The number of furan rings is 1. The van der Waals surface area contributed by atoms with Crippen molar-refractivity contribution in [1.82, 2.24) is 0 Å². The van der Waals surface area contributed by atoms with E-state index in [-0.39, 0.29) is 0 Å². The lowest BCUT2D eigenvalue weighted by molar-refractivity contribution is 0.673. The summed E-state index contributed by atoms with van der Waals surface area (Å²) in [6.07, 6.45) is 0. The Morgan fingerprint density at radius 2 is 0.710 bits per heavy atom. The van der Waals surface area contributed by atoms with E-state index in [1.165, 1.54) is 54.9 Å². The van der Waals surface area contributed by atoms with Crippen molar-refractivity contribution in [2.24, 2.45) is 0 Å². The zero-order chi connectivity index (χ0) is 41.0. The number of hydrogen-bond donors (Lipinski definition) is 0. The average Bonchev–Trinajstić information content (AvgIpc) is 3.76. The second kappa shape index (κ2) is 14.8. The summed E-state index contributed by atoms with van der Waals surface area (Å²) in [6.45, 7) is 0. The Bertz CT molecular complexity index is 3510. The SMILES string of the molecule is c1ccc(-c2ccc(N(c3ccc(-c4ccccc4)cc3)c3ccc(-c4c(-c5ccccc5)ccc5oc6c7ccccc7c7ccccc7c6c45)c4ccccc34)cc2)cc1. The maximum Gasteiger partial charge on any atom is 0.143 e. The molecule has 12 rings (SSSR count). The van der Waals surface area contributed by atoms with Crippen LogP contribution >= 0.6 is 0 Å². The number of fused-ring (bicyclic) bond motifs is 9. The maximum atomic E-state index is 6.99. The molecular weight excluding hydrogens is 751 g/mol. The first-order valence-corrected chi connectivity index (χ1v) is 21.3. The fourth-order valence-electron chi connectivity index (χ4n) is 9.62. The third kappa shape index (κ3) is 5.88. The van der Waals surface area contributed by atoms with Crippen LogP contribution in [0.4, 0.5) is 17.1 Å². The van der Waals surface area contributed by atoms with Crippen molar-refractivity contribution in [3.05, 3.63) is 237 Å². The third-order valence-electron chi connectivity index (χ3n) is 12.5. The molecule has 12 aromatic rings. The highest BCUT2D eigenvalue weighted by molar-refractivity contribution is 6.33. The van der Waals surface area contributed by atoms with Crippen LogP contribution in [-0.4, -0.2) is 0 Å². The Balaban J connectivity index is 1.13. The topological polar surface area (TPSA) is 16.4 Å². The smallest absolute Gasteiger partial charge is 0.143 e. The standard InChI is InChI=1S/C60H39NO/c1-4-16-40(17-5-1)42-28-32-45(33-29-42)61(46-34-30-43(31-35-46)41-18-6-2-7-19-41)55-38-36-53(50-24-10-13-25-51(50)55)57-47(44-20-8-3-9-21-44)37-39-56-59(57)58-52-26-14-11-22-48(52)49-23-12-15-27-54(49)60(58)62-56/h1-39H. The van der Waals surface area contributed by atoms with Gasteiger partial charge in [-0.25, -0.2) is 0 Å². The fraction of sp³-hybridized carbons (Fsp3) is 0. The summed E-state index contributed by atoms with van der Waals surface area (Å²) < 4.78 is 6.99. The summed E-state index contributed by atoms with van der Waals surface area (Å²) in [6, 6.07) is 85.3. The van der Waals surface area contributed by atoms with E-state index in [0.717, 1.165) is 60.9 Å². The molecule has 0 radical (unpaired) electrons. The number of benzene rings is 11. The Hall–Kier alpha value is -8.20. The minimum atomic E-state index is 0.878. The van der Waals surface area contributed by atoms with Gasteiger partial charge in [0.2, 0.25) is 0 Å². The molecule has 11 aromatic carbocycles. The second-order valence-electron chi connectivity index (χ2n) is 16.0. The lowest BCUT2D eigenvalue weighted by Gasteiger charge is -2.28. The van der Waals surface area contributed by atoms with E-state index in [4.69, 9.17) is 4.42 Å². The number of anilines is 3. The van der Waals surface area contributed by atoms with Crippen molar-refractivity contribution >= 4 is 71.3 Å². The predicted octanol–water partition coefficient (Wildman–Crippen LogP) is 17.2. The molecule has 0 fully saturated rings. The summed E-state index contributed by atoms with van der Waals surface area (Å²) in [5.74, 6) is 0. The van der Waals surface area contributed by atoms with Crippen LogP contribution in [0, 0.1) is 0 Å². The molecule has 0 unspecified atom stereocenters. The lowest BCUT2D eigenvalue weighted by Crippen LogP contribution is -2.10. The normalized spacial score (nSPS) is 11.5. The van der Waals surface area contributed by atoms with Crippen LogP contribution in [0.15, 0.2) is 241 Å². The first-order chi connectivity index (χ1) is 30.8. The molecule has 0 saturated carbocycles. The van der Waals surface area contributed by atoms with Gasteiger partial charge in [0.1, 0.15) is 11.2 Å². The van der Waals surface area contributed by atoms with Gasteiger partial charge in [-0.1, -0.05) is 200 Å². The molecule has 0 bridgehead atoms. The fourth-order valence-corrected chi connectivity index (χ4v) is 9.62. The average molecular weight is 790 g/mol. The second-order valence-corrected chi connectivity index (χ2v) is 16.0. The molecule has 0 aliphatic heterocycles. The Morgan fingerprint density at radius 1 is 0.274 bits per heavy atom. The molecule has 0 atom stereocenters. The molecule has 0 aliphatic rings. The first-order valence-electron chi connectivity index (χ1n) is 21.3. The largest absolute Gasteiger partial charge is 0.455 e. The molecule has 1 heterocycles. The molecular formula is C60H39NO. The van der Waals surface area contributed by atoms with Gasteiger partial charge in [0.25, 0.3) is 0 Å². The lowest BCUT2D eigenvalue weighted by atomic mass is 9.86. The Morgan fingerprint density at radius 3 is 1.29 bits per heavy atom. The van der Waals surface area contributed by atoms with E-state index in [0.29, 0.717) is 0 Å². The molecule has 0 amide bonds. The minimum absolute atomic E-state index is 0.878. The highest BCUT2D eigenvalue weighted by Crippen LogP contribution is 2.50. The molecule has 0 spiro atoms. The van der Waals surface area contributed by atoms with Gasteiger partial charge >= 0.3 is 0 Å². The van der Waals surface area contributed by atoms with Crippen molar-refractivity contribution in [3.63, 3.8) is 0 Å². The molecule has 62 heavy (non-hydrogen) atoms. The van der Waals surface area contributed by atoms with Gasteiger partial charge in [0.05, 0.1) is 5.69 Å². The predicted molar refractivity (Wildman–Crippen MR) is 263 cm³/mol. The molecule has 0 saturated heterocycles. The summed E-state index contributed by atoms with van der Waals surface area (Å²) in [4.78, 5) is 2.40. The summed E-state index contributed by atoms with van der Waals surface area (Å²) in [5.41, 5.74) is 14.5. The highest BCUT2D eigenvalue weighted by Gasteiger charge is 2.24. The minimum Gasteiger partial charge on any atom is -0.455 e. The summed E-state index contributed by atoms with van der Waals surface area (Å²) in [7, 11) is 0. The van der Waals surface area contributed by atoms with Gasteiger partial charge in [-0.2, -0.15) is 0 Å². The zero-order valence-electron chi connectivity index (χ0n) is 33.9. The van der Waals surface area contributed by atoms with Crippen LogP contribution in [-0.2, 0) is 0 Å². The summed E-state index contributed by atoms with van der Waals surface area (Å²) >= 11 is 0. The quantitative estimate of drug-likeness (QED) is 0.150. The monoisotopic (exact) mass is 789 g/mol. The van der Waals surface area contributed by atoms with Crippen molar-refractivity contribution in [3.8, 4) is 44.5 Å². The van der Waals surface area contributed by atoms with Gasteiger partial charge in [0.15, 0.2) is 0 Å². The van der Waals surface area contributed by atoms with Crippen molar-refractivity contribution < 1.29 is 4.42 Å². The highest BCUT2D eigenvalue weighted by atomic mass is 16.3. The van der Waals surface area contributed by atoms with Gasteiger partial charge in [-0.05, 0) is 96.9 Å². The van der Waals surface area contributed by atoms with E-state index < -0.39 is 0 Å². The number of nitrogens with zero attached hydrogens (tertiary/aromatic N) is 1. The summed E-state index contributed by atoms with van der Waals surface area (Å²) in [5, 5.41) is 9.34. The van der Waals surface area contributed by atoms with Crippen LogP contribution < -0.4 is 4.90 Å². The van der Waals surface area contributed by atoms with Gasteiger partial charge in [-0.3, -0.25) is 0 Å². The van der Waals surface area contributed by atoms with E-state index in [1.807, 2.05) is 0 Å².